The predicted molar refractivity (Wildman–Crippen MR) is 213 cm³/mol. The monoisotopic (exact) mass is 779 g/mol. The summed E-state index contributed by atoms with van der Waals surface area (Å²) in [5.41, 5.74) is -0.250. The third-order valence-electron chi connectivity index (χ3n) is 16.2. The van der Waals surface area contributed by atoms with Crippen LogP contribution in [0.5, 0.6) is 0 Å². The third-order valence-corrected chi connectivity index (χ3v) is 16.2. The first-order chi connectivity index (χ1) is 26.9. The van der Waals surface area contributed by atoms with Gasteiger partial charge in [-0.1, -0.05) is 79.1 Å². The summed E-state index contributed by atoms with van der Waals surface area (Å²) in [5.74, 6) is -2.39. The summed E-state index contributed by atoms with van der Waals surface area (Å²) in [4.78, 5) is 88.7. The Morgan fingerprint density at radius 3 is 1.86 bits per heavy atom. The van der Waals surface area contributed by atoms with E-state index in [0.717, 1.165) is 122 Å². The number of nitrogens with zero attached hydrogens (tertiary/aromatic N) is 2. The summed E-state index contributed by atoms with van der Waals surface area (Å²) >= 11 is 0. The Bertz CT molecular complexity index is 1510. The van der Waals surface area contributed by atoms with Gasteiger partial charge in [0, 0.05) is 18.0 Å². The lowest BCUT2D eigenvalue weighted by molar-refractivity contribution is -0.145. The fourth-order valence-corrected chi connectivity index (χ4v) is 12.4. The lowest BCUT2D eigenvalue weighted by Gasteiger charge is -2.37. The van der Waals surface area contributed by atoms with Gasteiger partial charge >= 0.3 is 0 Å². The molecule has 2 heterocycles. The highest BCUT2D eigenvalue weighted by atomic mass is 16.2. The van der Waals surface area contributed by atoms with E-state index in [4.69, 9.17) is 0 Å². The molecule has 5 saturated carbocycles. The number of likely N-dealkylation sites (N-methyl/N-ethyl adjacent to an activating group) is 1. The normalized spacial score (nSPS) is 30.2. The van der Waals surface area contributed by atoms with Gasteiger partial charge in [-0.3, -0.25) is 33.7 Å². The van der Waals surface area contributed by atoms with Crippen molar-refractivity contribution >= 4 is 35.3 Å². The van der Waals surface area contributed by atoms with E-state index < -0.39 is 41.8 Å². The Hall–Kier alpha value is -3.02. The standard InChI is InChI=1S/C44H70N6O6/c1-5-15-31(36(51)40(55)45-30-21-22-30)46-38(53)33-26-44(42(3,4)43(44)23-14-24-43)27-50(33)41(56)35(29-18-11-8-12-19-29)48-39(54)34(28-16-9-7-10-17-28)47-37(52)32-20-13-25-49(32)6-2/h28-35H,5-27H2,1-4H3,(H,45,55)(H,46,53)(H,47,52)(H,48,54)/t31-,32-,33-,34-,35-,44+/m0/s1. The predicted octanol–water partition coefficient (Wildman–Crippen LogP) is 4.53. The minimum Gasteiger partial charge on any atom is -0.347 e. The molecule has 312 valence electrons. The van der Waals surface area contributed by atoms with Crippen molar-refractivity contribution in [2.45, 2.75) is 192 Å². The van der Waals surface area contributed by atoms with Gasteiger partial charge in [-0.2, -0.15) is 0 Å². The molecule has 2 spiro atoms. The second kappa shape index (κ2) is 16.7. The van der Waals surface area contributed by atoms with Crippen molar-refractivity contribution in [2.75, 3.05) is 19.6 Å². The number of carbonyl (C=O) groups is 6. The average molecular weight is 779 g/mol. The van der Waals surface area contributed by atoms with Crippen molar-refractivity contribution in [3.8, 4) is 0 Å². The minimum absolute atomic E-state index is 0.00393. The van der Waals surface area contributed by atoms with E-state index in [0.29, 0.717) is 25.8 Å². The zero-order chi connectivity index (χ0) is 39.8. The number of fused-ring (bicyclic) bond motifs is 1. The van der Waals surface area contributed by atoms with Gasteiger partial charge in [0.1, 0.15) is 18.1 Å². The zero-order valence-corrected chi connectivity index (χ0v) is 34.7. The molecular formula is C44H70N6O6. The molecule has 12 nitrogen and oxygen atoms in total. The molecule has 0 aromatic heterocycles. The molecule has 0 aromatic carbocycles. The smallest absolute Gasteiger partial charge is 0.289 e. The van der Waals surface area contributed by atoms with Gasteiger partial charge in [-0.15, -0.1) is 0 Å². The lowest BCUT2D eigenvalue weighted by atomic mass is 9.73. The summed E-state index contributed by atoms with van der Waals surface area (Å²) in [5, 5.41) is 12.3. The van der Waals surface area contributed by atoms with Gasteiger partial charge < -0.3 is 26.2 Å². The summed E-state index contributed by atoms with van der Waals surface area (Å²) < 4.78 is 0. The molecule has 0 unspecified atom stereocenters. The zero-order valence-electron chi connectivity index (χ0n) is 34.7. The third kappa shape index (κ3) is 7.54. The van der Waals surface area contributed by atoms with Gasteiger partial charge in [-0.05, 0) is 113 Å². The van der Waals surface area contributed by atoms with Crippen LogP contribution >= 0.6 is 0 Å². The molecule has 2 aliphatic heterocycles. The minimum atomic E-state index is -0.971. The van der Waals surface area contributed by atoms with Crippen molar-refractivity contribution in [1.29, 1.82) is 0 Å². The second-order valence-electron chi connectivity index (χ2n) is 19.3. The van der Waals surface area contributed by atoms with Gasteiger partial charge in [0.2, 0.25) is 29.4 Å². The van der Waals surface area contributed by atoms with E-state index in [9.17, 15) is 24.0 Å². The summed E-state index contributed by atoms with van der Waals surface area (Å²) in [6, 6.07) is -3.57. The molecule has 4 N–H and O–H groups in total. The number of hydrogen-bond acceptors (Lipinski definition) is 7. The Morgan fingerprint density at radius 2 is 1.30 bits per heavy atom. The molecule has 2 saturated heterocycles. The molecule has 7 aliphatic rings. The van der Waals surface area contributed by atoms with Crippen LogP contribution in [-0.2, 0) is 28.8 Å². The first-order valence-electron chi connectivity index (χ1n) is 22.7. The molecule has 5 aliphatic carbocycles. The van der Waals surface area contributed by atoms with Crippen molar-refractivity contribution in [3.63, 3.8) is 0 Å². The maximum absolute atomic E-state index is 15.3. The molecule has 6 atom stereocenters. The van der Waals surface area contributed by atoms with Crippen LogP contribution < -0.4 is 21.3 Å². The summed E-state index contributed by atoms with van der Waals surface area (Å²) in [7, 11) is 0. The molecule has 5 amide bonds. The topological polar surface area (TPSA) is 157 Å². The molecule has 0 radical (unpaired) electrons. The van der Waals surface area contributed by atoms with E-state index in [1.165, 1.54) is 0 Å². The fourth-order valence-electron chi connectivity index (χ4n) is 12.4. The number of likely N-dealkylation sites (tertiary alicyclic amines) is 2. The van der Waals surface area contributed by atoms with E-state index in [2.05, 4.69) is 46.9 Å². The highest BCUT2D eigenvalue weighted by Gasteiger charge is 2.85. The van der Waals surface area contributed by atoms with Gasteiger partial charge in [0.15, 0.2) is 0 Å². The number of amides is 5. The Labute approximate surface area is 334 Å². The number of ketones is 1. The van der Waals surface area contributed by atoms with E-state index in [1.54, 1.807) is 4.90 Å². The van der Waals surface area contributed by atoms with Crippen LogP contribution in [0.4, 0.5) is 0 Å². The van der Waals surface area contributed by atoms with Crippen LogP contribution in [0, 0.1) is 28.1 Å². The van der Waals surface area contributed by atoms with Crippen LogP contribution in [0.15, 0.2) is 0 Å². The van der Waals surface area contributed by atoms with Crippen molar-refractivity contribution in [3.05, 3.63) is 0 Å². The maximum atomic E-state index is 15.3. The summed E-state index contributed by atoms with van der Waals surface area (Å²) in [6.07, 6.45) is 17.6. The van der Waals surface area contributed by atoms with Gasteiger partial charge in [-0.25, -0.2) is 0 Å². The first-order valence-corrected chi connectivity index (χ1v) is 22.7. The number of hydrogen-bond donors (Lipinski definition) is 4. The van der Waals surface area contributed by atoms with Crippen molar-refractivity contribution in [1.82, 2.24) is 31.1 Å². The SMILES string of the molecule is CCC[C@H](NC(=O)[C@@H]1C[C@@]2(CN1C(=O)[C@@H](NC(=O)[C@@H](NC(=O)[C@@H]1CCCN1CC)C1CCCCC1)C1CCCCC1)C(C)(C)C21CCC1)C(=O)C(=O)NC1CC1. The molecule has 7 fully saturated rings. The first kappa shape index (κ1) is 41.2. The van der Waals surface area contributed by atoms with Crippen LogP contribution in [0.1, 0.15) is 156 Å². The highest BCUT2D eigenvalue weighted by Crippen LogP contribution is 2.88. The second-order valence-corrected chi connectivity index (χ2v) is 19.3. The van der Waals surface area contributed by atoms with Crippen molar-refractivity contribution in [2.24, 2.45) is 28.1 Å². The lowest BCUT2D eigenvalue weighted by Crippen LogP contribution is -2.61. The number of nitrogens with one attached hydrogen (secondary N) is 4. The maximum Gasteiger partial charge on any atom is 0.289 e. The Morgan fingerprint density at radius 1 is 0.679 bits per heavy atom. The van der Waals surface area contributed by atoms with Crippen molar-refractivity contribution < 1.29 is 28.8 Å². The molecule has 0 aromatic rings. The number of Topliss-reactive ketones (excluding diaryl/α,β-unsaturated/α-hetero) is 1. The van der Waals surface area contributed by atoms with Crippen LogP contribution in [0.25, 0.3) is 0 Å². The molecule has 0 bridgehead atoms. The largest absolute Gasteiger partial charge is 0.347 e. The summed E-state index contributed by atoms with van der Waals surface area (Å²) in [6.45, 7) is 10.6. The van der Waals surface area contributed by atoms with E-state index in [1.807, 2.05) is 6.92 Å². The molecular weight excluding hydrogens is 709 g/mol. The van der Waals surface area contributed by atoms with Crippen LogP contribution in [0.2, 0.25) is 0 Å². The number of carbonyl (C=O) groups excluding carboxylic acids is 6. The Kier molecular flexibility index (Phi) is 12.3. The Balaban J connectivity index is 1.16. The number of rotatable bonds is 15. The van der Waals surface area contributed by atoms with Gasteiger partial charge in [0.25, 0.3) is 5.91 Å². The van der Waals surface area contributed by atoms with E-state index >= 15 is 4.79 Å². The molecule has 56 heavy (non-hydrogen) atoms. The average Bonchev–Trinajstić information content (AvgIpc) is 3.87. The fraction of sp³-hybridized carbons (Fsp3) is 0.864. The van der Waals surface area contributed by atoms with Crippen LogP contribution in [0.3, 0.4) is 0 Å². The molecule has 7 rings (SSSR count). The molecule has 12 heteroatoms. The highest BCUT2D eigenvalue weighted by molar-refractivity contribution is 6.38. The van der Waals surface area contributed by atoms with Crippen LogP contribution in [-0.4, -0.2) is 101 Å². The van der Waals surface area contributed by atoms with Gasteiger partial charge in [0.05, 0.1) is 12.1 Å². The quantitative estimate of drug-likeness (QED) is 0.178. The van der Waals surface area contributed by atoms with E-state index in [-0.39, 0.29) is 57.9 Å².